The second-order valence-corrected chi connectivity index (χ2v) is 4.97. The van der Waals surface area contributed by atoms with Crippen LogP contribution in [0, 0.1) is 0 Å². The molecule has 0 atom stereocenters. The Balaban J connectivity index is 1.89. The first kappa shape index (κ1) is 17.9. The Bertz CT molecular complexity index is 768. The van der Waals surface area contributed by atoms with E-state index in [1.165, 1.54) is 0 Å². The third-order valence-electron chi connectivity index (χ3n) is 3.21. The standard InChI is InChI=1S/C19H18N2O4/c1-2-25-18(23)13-12-17(22)20-21-19(24)16-10-8-15(9-11-16)14-6-4-3-5-7-14/h3-13H,2H2,1H3,(H,20,22)(H,21,24)/b13-12+. The van der Waals surface area contributed by atoms with Crippen LogP contribution in [0.15, 0.2) is 66.7 Å². The number of amides is 2. The number of hydrogen-bond acceptors (Lipinski definition) is 4. The van der Waals surface area contributed by atoms with Gasteiger partial charge in [0.15, 0.2) is 0 Å². The zero-order chi connectivity index (χ0) is 18.1. The summed E-state index contributed by atoms with van der Waals surface area (Å²) in [5, 5.41) is 0. The molecule has 0 aliphatic heterocycles. The van der Waals surface area contributed by atoms with E-state index in [2.05, 4.69) is 15.6 Å². The normalized spacial score (nSPS) is 10.3. The molecule has 0 spiro atoms. The molecule has 2 aromatic rings. The Morgan fingerprint density at radius 3 is 2.16 bits per heavy atom. The number of esters is 1. The van der Waals surface area contributed by atoms with Crippen molar-refractivity contribution in [2.24, 2.45) is 0 Å². The van der Waals surface area contributed by atoms with Gasteiger partial charge in [-0.25, -0.2) is 4.79 Å². The fourth-order valence-corrected chi connectivity index (χ4v) is 2.01. The molecule has 0 saturated heterocycles. The smallest absolute Gasteiger partial charge is 0.330 e. The summed E-state index contributed by atoms with van der Waals surface area (Å²) in [6.07, 6.45) is 1.97. The average Bonchev–Trinajstić information content (AvgIpc) is 2.65. The first-order chi connectivity index (χ1) is 12.1. The molecule has 25 heavy (non-hydrogen) atoms. The zero-order valence-corrected chi connectivity index (χ0v) is 13.7. The van der Waals surface area contributed by atoms with Gasteiger partial charge in [0.2, 0.25) is 0 Å². The molecule has 128 valence electrons. The quantitative estimate of drug-likeness (QED) is 0.497. The number of benzene rings is 2. The Morgan fingerprint density at radius 1 is 0.880 bits per heavy atom. The topological polar surface area (TPSA) is 84.5 Å². The van der Waals surface area contributed by atoms with Gasteiger partial charge in [-0.3, -0.25) is 20.4 Å². The molecule has 6 nitrogen and oxygen atoms in total. The molecule has 0 heterocycles. The van der Waals surface area contributed by atoms with Crippen LogP contribution in [0.25, 0.3) is 11.1 Å². The van der Waals surface area contributed by atoms with Crippen LogP contribution in [0.3, 0.4) is 0 Å². The van der Waals surface area contributed by atoms with E-state index >= 15 is 0 Å². The maximum absolute atomic E-state index is 12.0. The van der Waals surface area contributed by atoms with Gasteiger partial charge in [0.1, 0.15) is 0 Å². The predicted octanol–water partition coefficient (Wildman–Crippen LogP) is 2.23. The lowest BCUT2D eigenvalue weighted by Crippen LogP contribution is -2.40. The molecule has 0 saturated carbocycles. The molecule has 6 heteroatoms. The number of ether oxygens (including phenoxy) is 1. The lowest BCUT2D eigenvalue weighted by Gasteiger charge is -2.06. The summed E-state index contributed by atoms with van der Waals surface area (Å²) in [7, 11) is 0. The van der Waals surface area contributed by atoms with Crippen molar-refractivity contribution in [1.29, 1.82) is 0 Å². The minimum Gasteiger partial charge on any atom is -0.463 e. The van der Waals surface area contributed by atoms with Crippen molar-refractivity contribution in [3.63, 3.8) is 0 Å². The van der Waals surface area contributed by atoms with E-state index in [1.807, 2.05) is 42.5 Å². The SMILES string of the molecule is CCOC(=O)/C=C/C(=O)NNC(=O)c1ccc(-c2ccccc2)cc1. The summed E-state index contributed by atoms with van der Waals surface area (Å²) in [5.74, 6) is -1.72. The molecule has 0 unspecified atom stereocenters. The molecule has 2 rings (SSSR count). The lowest BCUT2D eigenvalue weighted by molar-refractivity contribution is -0.137. The average molecular weight is 338 g/mol. The van der Waals surface area contributed by atoms with Crippen molar-refractivity contribution < 1.29 is 19.1 Å². The van der Waals surface area contributed by atoms with Gasteiger partial charge in [0.05, 0.1) is 6.61 Å². The van der Waals surface area contributed by atoms with Crippen molar-refractivity contribution in [1.82, 2.24) is 10.9 Å². The van der Waals surface area contributed by atoms with Gasteiger partial charge < -0.3 is 4.74 Å². The molecule has 0 aromatic heterocycles. The van der Waals surface area contributed by atoms with Crippen LogP contribution in [0.2, 0.25) is 0 Å². The third kappa shape index (κ3) is 5.62. The van der Waals surface area contributed by atoms with E-state index in [-0.39, 0.29) is 6.61 Å². The number of hydrazine groups is 1. The van der Waals surface area contributed by atoms with Gasteiger partial charge >= 0.3 is 5.97 Å². The number of rotatable bonds is 5. The number of carbonyl (C=O) groups is 3. The zero-order valence-electron chi connectivity index (χ0n) is 13.7. The van der Waals surface area contributed by atoms with E-state index < -0.39 is 17.8 Å². The van der Waals surface area contributed by atoms with Crippen molar-refractivity contribution in [2.45, 2.75) is 6.92 Å². The summed E-state index contributed by atoms with van der Waals surface area (Å²) in [5.41, 5.74) is 6.89. The van der Waals surface area contributed by atoms with E-state index in [0.717, 1.165) is 23.3 Å². The summed E-state index contributed by atoms with van der Waals surface area (Å²) < 4.78 is 4.64. The van der Waals surface area contributed by atoms with Crippen molar-refractivity contribution in [2.75, 3.05) is 6.61 Å². The summed E-state index contributed by atoms with van der Waals surface area (Å²) in [4.78, 5) is 34.6. The van der Waals surface area contributed by atoms with E-state index in [0.29, 0.717) is 5.56 Å². The molecule has 0 aliphatic carbocycles. The third-order valence-corrected chi connectivity index (χ3v) is 3.21. The molecule has 0 bridgehead atoms. The number of carbonyl (C=O) groups excluding carboxylic acids is 3. The van der Waals surface area contributed by atoms with E-state index in [4.69, 9.17) is 0 Å². The van der Waals surface area contributed by atoms with Gasteiger partial charge in [-0.05, 0) is 30.2 Å². The highest BCUT2D eigenvalue weighted by Gasteiger charge is 2.07. The Hall–Kier alpha value is -3.41. The van der Waals surface area contributed by atoms with Crippen LogP contribution in [0.4, 0.5) is 0 Å². The van der Waals surface area contributed by atoms with Crippen LogP contribution in [-0.2, 0) is 14.3 Å². The number of hydrogen-bond donors (Lipinski definition) is 2. The molecule has 2 N–H and O–H groups in total. The maximum Gasteiger partial charge on any atom is 0.330 e. The molecular weight excluding hydrogens is 320 g/mol. The van der Waals surface area contributed by atoms with Crippen LogP contribution in [0.1, 0.15) is 17.3 Å². The van der Waals surface area contributed by atoms with Crippen molar-refractivity contribution in [3.8, 4) is 11.1 Å². The fraction of sp³-hybridized carbons (Fsp3) is 0.105. The second kappa shape index (κ2) is 9.02. The molecule has 0 aliphatic rings. The van der Waals surface area contributed by atoms with Crippen LogP contribution in [-0.4, -0.2) is 24.4 Å². The largest absolute Gasteiger partial charge is 0.463 e. The van der Waals surface area contributed by atoms with Gasteiger partial charge in [-0.2, -0.15) is 0 Å². The Labute approximate surface area is 145 Å². The number of nitrogens with one attached hydrogen (secondary N) is 2. The van der Waals surface area contributed by atoms with E-state index in [1.54, 1.807) is 19.1 Å². The maximum atomic E-state index is 12.0. The van der Waals surface area contributed by atoms with Gasteiger partial charge in [-0.1, -0.05) is 42.5 Å². The summed E-state index contributed by atoms with van der Waals surface area (Å²) >= 11 is 0. The minimum atomic E-state index is -0.637. The van der Waals surface area contributed by atoms with Crippen molar-refractivity contribution >= 4 is 17.8 Å². The lowest BCUT2D eigenvalue weighted by atomic mass is 10.0. The second-order valence-electron chi connectivity index (χ2n) is 4.97. The monoisotopic (exact) mass is 338 g/mol. The first-order valence-electron chi connectivity index (χ1n) is 7.71. The highest BCUT2D eigenvalue weighted by Crippen LogP contribution is 2.19. The molecule has 2 amide bonds. The van der Waals surface area contributed by atoms with Crippen molar-refractivity contribution in [3.05, 3.63) is 72.3 Å². The highest BCUT2D eigenvalue weighted by atomic mass is 16.5. The Kier molecular flexibility index (Phi) is 6.47. The van der Waals surface area contributed by atoms with Crippen LogP contribution < -0.4 is 10.9 Å². The highest BCUT2D eigenvalue weighted by molar-refractivity contribution is 5.98. The predicted molar refractivity (Wildman–Crippen MR) is 93.3 cm³/mol. The minimum absolute atomic E-state index is 0.223. The molecule has 0 fully saturated rings. The van der Waals surface area contributed by atoms with Crippen LogP contribution in [0.5, 0.6) is 0 Å². The van der Waals surface area contributed by atoms with Gasteiger partial charge in [-0.15, -0.1) is 0 Å². The molecular formula is C19H18N2O4. The van der Waals surface area contributed by atoms with Gasteiger partial charge in [0, 0.05) is 17.7 Å². The first-order valence-corrected chi connectivity index (χ1v) is 7.71. The summed E-state index contributed by atoms with van der Waals surface area (Å²) in [6.45, 7) is 1.88. The molecule has 2 aromatic carbocycles. The van der Waals surface area contributed by atoms with Crippen LogP contribution >= 0.6 is 0 Å². The Morgan fingerprint density at radius 2 is 1.52 bits per heavy atom. The fourth-order valence-electron chi connectivity index (χ4n) is 2.01. The molecule has 0 radical (unpaired) electrons. The summed E-state index contributed by atoms with van der Waals surface area (Å²) in [6, 6.07) is 16.8. The van der Waals surface area contributed by atoms with Gasteiger partial charge in [0.25, 0.3) is 11.8 Å². The van der Waals surface area contributed by atoms with E-state index in [9.17, 15) is 14.4 Å².